The van der Waals surface area contributed by atoms with Gasteiger partial charge in [0.2, 0.25) is 0 Å². The molecule has 68 valence electrons. The first-order chi connectivity index (χ1) is 6.20. The van der Waals surface area contributed by atoms with Crippen LogP contribution in [0, 0.1) is 6.92 Å². The molecule has 0 unspecified atom stereocenters. The Bertz CT molecular complexity index is 427. The smallest absolute Gasteiger partial charge is 0.116 e. The van der Waals surface area contributed by atoms with Gasteiger partial charge in [-0.15, -0.1) is 0 Å². The molecule has 2 rings (SSSR count). The van der Waals surface area contributed by atoms with Crippen LogP contribution in [0.15, 0.2) is 24.4 Å². The van der Waals surface area contributed by atoms with Crippen molar-refractivity contribution in [3.63, 3.8) is 0 Å². The highest BCUT2D eigenvalue weighted by atomic mass is 15.0. The van der Waals surface area contributed by atoms with Gasteiger partial charge in [-0.3, -0.25) is 0 Å². The Morgan fingerprint density at radius 3 is 2.77 bits per heavy atom. The summed E-state index contributed by atoms with van der Waals surface area (Å²) in [7, 11) is 0. The van der Waals surface area contributed by atoms with E-state index in [-0.39, 0.29) is 0 Å². The summed E-state index contributed by atoms with van der Waals surface area (Å²) in [5.74, 6) is 1.62. The first kappa shape index (κ1) is 8.30. The summed E-state index contributed by atoms with van der Waals surface area (Å²) in [6.45, 7) is 6.45. The Morgan fingerprint density at radius 2 is 2.08 bits per heavy atom. The third kappa shape index (κ3) is 1.22. The van der Waals surface area contributed by atoms with E-state index < -0.39 is 0 Å². The van der Waals surface area contributed by atoms with Gasteiger partial charge in [0.05, 0.1) is 11.7 Å². The van der Waals surface area contributed by atoms with Crippen LogP contribution in [0.2, 0.25) is 0 Å². The van der Waals surface area contributed by atoms with Gasteiger partial charge in [0, 0.05) is 11.6 Å². The molecule has 0 radical (unpaired) electrons. The summed E-state index contributed by atoms with van der Waals surface area (Å²) >= 11 is 0. The van der Waals surface area contributed by atoms with Gasteiger partial charge < -0.3 is 4.40 Å². The molecule has 2 aromatic heterocycles. The first-order valence-electron chi connectivity index (χ1n) is 4.63. The number of fused-ring (bicyclic) bond motifs is 1. The quantitative estimate of drug-likeness (QED) is 0.649. The fourth-order valence-electron chi connectivity index (χ4n) is 1.65. The molecule has 0 aromatic carbocycles. The second-order valence-electron chi connectivity index (χ2n) is 3.70. The molecule has 2 nitrogen and oxygen atoms in total. The lowest BCUT2D eigenvalue weighted by Crippen LogP contribution is -1.99. The SMILES string of the molecule is Cc1cccc2cnc(C(C)C)n12. The summed E-state index contributed by atoms with van der Waals surface area (Å²) in [4.78, 5) is 4.42. The maximum atomic E-state index is 4.42. The Labute approximate surface area is 78.2 Å². The molecule has 2 heteroatoms. The van der Waals surface area contributed by atoms with E-state index in [4.69, 9.17) is 0 Å². The Hall–Kier alpha value is -1.31. The molecule has 0 saturated carbocycles. The van der Waals surface area contributed by atoms with Crippen LogP contribution in [0.3, 0.4) is 0 Å². The predicted octanol–water partition coefficient (Wildman–Crippen LogP) is 2.77. The van der Waals surface area contributed by atoms with E-state index in [1.165, 1.54) is 11.2 Å². The highest BCUT2D eigenvalue weighted by Crippen LogP contribution is 2.16. The summed E-state index contributed by atoms with van der Waals surface area (Å²) in [5.41, 5.74) is 2.43. The summed E-state index contributed by atoms with van der Waals surface area (Å²) in [5, 5.41) is 0. The topological polar surface area (TPSA) is 17.3 Å². The first-order valence-corrected chi connectivity index (χ1v) is 4.63. The molecule has 0 fully saturated rings. The van der Waals surface area contributed by atoms with Crippen molar-refractivity contribution in [3.05, 3.63) is 35.9 Å². The van der Waals surface area contributed by atoms with Crippen molar-refractivity contribution in [3.8, 4) is 0 Å². The van der Waals surface area contributed by atoms with E-state index in [1.807, 2.05) is 6.20 Å². The minimum Gasteiger partial charge on any atom is -0.301 e. The molecule has 2 aromatic rings. The van der Waals surface area contributed by atoms with Crippen molar-refractivity contribution in [1.82, 2.24) is 9.38 Å². The largest absolute Gasteiger partial charge is 0.301 e. The maximum absolute atomic E-state index is 4.42. The van der Waals surface area contributed by atoms with Gasteiger partial charge in [0.15, 0.2) is 0 Å². The third-order valence-electron chi connectivity index (χ3n) is 2.29. The van der Waals surface area contributed by atoms with Crippen LogP contribution >= 0.6 is 0 Å². The van der Waals surface area contributed by atoms with Crippen LogP contribution in [0.4, 0.5) is 0 Å². The highest BCUT2D eigenvalue weighted by molar-refractivity contribution is 5.47. The van der Waals surface area contributed by atoms with Crippen LogP contribution in [0.25, 0.3) is 5.52 Å². The van der Waals surface area contributed by atoms with Crippen molar-refractivity contribution in [1.29, 1.82) is 0 Å². The lowest BCUT2D eigenvalue weighted by Gasteiger charge is -2.06. The van der Waals surface area contributed by atoms with Crippen LogP contribution in [0.5, 0.6) is 0 Å². The number of hydrogen-bond acceptors (Lipinski definition) is 1. The Kier molecular flexibility index (Phi) is 1.83. The highest BCUT2D eigenvalue weighted by Gasteiger charge is 2.07. The van der Waals surface area contributed by atoms with Crippen LogP contribution in [-0.2, 0) is 0 Å². The normalized spacial score (nSPS) is 11.4. The van der Waals surface area contributed by atoms with Gasteiger partial charge >= 0.3 is 0 Å². The molecular formula is C11H14N2. The van der Waals surface area contributed by atoms with E-state index in [2.05, 4.69) is 48.4 Å². The van der Waals surface area contributed by atoms with Crippen molar-refractivity contribution in [2.75, 3.05) is 0 Å². The van der Waals surface area contributed by atoms with Crippen LogP contribution in [-0.4, -0.2) is 9.38 Å². The minimum absolute atomic E-state index is 0.476. The van der Waals surface area contributed by atoms with E-state index in [0.29, 0.717) is 5.92 Å². The Balaban J connectivity index is 2.79. The number of rotatable bonds is 1. The van der Waals surface area contributed by atoms with E-state index in [0.717, 1.165) is 5.82 Å². The fourth-order valence-corrected chi connectivity index (χ4v) is 1.65. The molecule has 0 aliphatic carbocycles. The van der Waals surface area contributed by atoms with Gasteiger partial charge in [-0.05, 0) is 19.1 Å². The van der Waals surface area contributed by atoms with E-state index in [9.17, 15) is 0 Å². The second kappa shape index (κ2) is 2.87. The van der Waals surface area contributed by atoms with Gasteiger partial charge in [-0.25, -0.2) is 4.98 Å². The monoisotopic (exact) mass is 174 g/mol. The minimum atomic E-state index is 0.476. The molecule has 2 heterocycles. The standard InChI is InChI=1S/C11H14N2/c1-8(2)11-12-7-10-6-4-5-9(3)13(10)11/h4-8H,1-3H3. The van der Waals surface area contributed by atoms with Gasteiger partial charge in [0.1, 0.15) is 5.82 Å². The average Bonchev–Trinajstić information content (AvgIpc) is 2.49. The second-order valence-corrected chi connectivity index (χ2v) is 3.70. The molecule has 0 saturated heterocycles. The molecule has 0 bridgehead atoms. The zero-order valence-electron chi connectivity index (χ0n) is 8.28. The van der Waals surface area contributed by atoms with Crippen molar-refractivity contribution < 1.29 is 0 Å². The lowest BCUT2D eigenvalue weighted by molar-refractivity contribution is 0.762. The van der Waals surface area contributed by atoms with Gasteiger partial charge in [0.25, 0.3) is 0 Å². The molecule has 0 aliphatic rings. The van der Waals surface area contributed by atoms with Crippen molar-refractivity contribution in [2.45, 2.75) is 26.7 Å². The number of aryl methyl sites for hydroxylation is 1. The molecule has 0 N–H and O–H groups in total. The van der Waals surface area contributed by atoms with E-state index in [1.54, 1.807) is 0 Å². The lowest BCUT2D eigenvalue weighted by atomic mass is 10.2. The fraction of sp³-hybridized carbons (Fsp3) is 0.364. The number of nitrogens with zero attached hydrogens (tertiary/aromatic N) is 2. The average molecular weight is 174 g/mol. The zero-order chi connectivity index (χ0) is 9.42. The molecule has 0 aliphatic heterocycles. The third-order valence-corrected chi connectivity index (χ3v) is 2.29. The van der Waals surface area contributed by atoms with E-state index >= 15 is 0 Å². The molecule has 13 heavy (non-hydrogen) atoms. The molecule has 0 amide bonds. The van der Waals surface area contributed by atoms with Crippen molar-refractivity contribution in [2.24, 2.45) is 0 Å². The Morgan fingerprint density at radius 1 is 1.31 bits per heavy atom. The summed E-state index contributed by atoms with van der Waals surface area (Å²) in [6.07, 6.45) is 1.93. The van der Waals surface area contributed by atoms with Gasteiger partial charge in [-0.2, -0.15) is 0 Å². The predicted molar refractivity (Wildman–Crippen MR) is 54.0 cm³/mol. The summed E-state index contributed by atoms with van der Waals surface area (Å²) in [6, 6.07) is 6.27. The number of hydrogen-bond donors (Lipinski definition) is 0. The molecule has 0 spiro atoms. The molecular weight excluding hydrogens is 160 g/mol. The number of aromatic nitrogens is 2. The van der Waals surface area contributed by atoms with Crippen LogP contribution in [0.1, 0.15) is 31.3 Å². The number of imidazole rings is 1. The van der Waals surface area contributed by atoms with Gasteiger partial charge in [-0.1, -0.05) is 19.9 Å². The maximum Gasteiger partial charge on any atom is 0.116 e. The molecule has 0 atom stereocenters. The zero-order valence-corrected chi connectivity index (χ0v) is 8.28. The van der Waals surface area contributed by atoms with Crippen LogP contribution < -0.4 is 0 Å². The number of pyridine rings is 1. The summed E-state index contributed by atoms with van der Waals surface area (Å²) < 4.78 is 2.21. The van der Waals surface area contributed by atoms with Crippen molar-refractivity contribution >= 4 is 5.52 Å².